The predicted octanol–water partition coefficient (Wildman–Crippen LogP) is 3.87. The number of fused-ring (bicyclic) bond motifs is 1. The van der Waals surface area contributed by atoms with Crippen LogP contribution in [0.3, 0.4) is 0 Å². The van der Waals surface area contributed by atoms with Crippen LogP contribution in [0.1, 0.15) is 30.4 Å². The van der Waals surface area contributed by atoms with Gasteiger partial charge in [0.25, 0.3) is 0 Å². The highest BCUT2D eigenvalue weighted by atomic mass is 16.5. The lowest BCUT2D eigenvalue weighted by molar-refractivity contribution is -0.159. The molecule has 6 rings (SSSR count). The van der Waals surface area contributed by atoms with Gasteiger partial charge in [-0.05, 0) is 55.6 Å². The van der Waals surface area contributed by atoms with E-state index < -0.39 is 0 Å². The first-order valence-corrected chi connectivity index (χ1v) is 11.0. The van der Waals surface area contributed by atoms with Gasteiger partial charge in [-0.1, -0.05) is 35.9 Å². The van der Waals surface area contributed by atoms with Gasteiger partial charge in [0.15, 0.2) is 0 Å². The van der Waals surface area contributed by atoms with Gasteiger partial charge >= 0.3 is 0 Å². The summed E-state index contributed by atoms with van der Waals surface area (Å²) in [6.07, 6.45) is 5.80. The molecule has 2 aromatic heterocycles. The third-order valence-corrected chi connectivity index (χ3v) is 6.76. The molecule has 2 saturated heterocycles. The number of benzene rings is 2. The Morgan fingerprint density at radius 1 is 1.10 bits per heavy atom. The van der Waals surface area contributed by atoms with Gasteiger partial charge < -0.3 is 4.74 Å². The maximum absolute atomic E-state index is 5.56. The first-order valence-electron chi connectivity index (χ1n) is 11.0. The zero-order valence-corrected chi connectivity index (χ0v) is 17.7. The summed E-state index contributed by atoms with van der Waals surface area (Å²) >= 11 is 0. The number of aromatic amines is 1. The molecule has 0 aliphatic carbocycles. The van der Waals surface area contributed by atoms with E-state index in [0.717, 1.165) is 54.3 Å². The van der Waals surface area contributed by atoms with Crippen LogP contribution in [0.5, 0.6) is 0 Å². The predicted molar refractivity (Wildman–Crippen MR) is 119 cm³/mol. The highest BCUT2D eigenvalue weighted by Gasteiger charge is 2.45. The van der Waals surface area contributed by atoms with Crippen LogP contribution in [0.15, 0.2) is 48.7 Å². The van der Waals surface area contributed by atoms with Gasteiger partial charge in [-0.3, -0.25) is 10.00 Å². The number of hydrogen-bond acceptors (Lipinski definition) is 5. The number of nitrogens with zero attached hydrogens (tertiary/aromatic N) is 5. The summed E-state index contributed by atoms with van der Waals surface area (Å²) in [6.45, 7) is 5.98. The van der Waals surface area contributed by atoms with Crippen molar-refractivity contribution in [3.05, 3.63) is 59.8 Å². The van der Waals surface area contributed by atoms with Crippen molar-refractivity contribution in [2.24, 2.45) is 0 Å². The molecule has 4 aromatic rings. The van der Waals surface area contributed by atoms with Crippen molar-refractivity contribution in [1.82, 2.24) is 30.1 Å². The fourth-order valence-corrected chi connectivity index (χ4v) is 4.87. The minimum absolute atomic E-state index is 0.280. The summed E-state index contributed by atoms with van der Waals surface area (Å²) in [4.78, 5) is 2.62. The van der Waals surface area contributed by atoms with Gasteiger partial charge in [0, 0.05) is 11.9 Å². The zero-order valence-electron chi connectivity index (χ0n) is 17.7. The van der Waals surface area contributed by atoms with E-state index in [9.17, 15) is 0 Å². The number of rotatable bonds is 4. The van der Waals surface area contributed by atoms with Gasteiger partial charge in [-0.25, -0.2) is 4.68 Å². The van der Waals surface area contributed by atoms with Crippen LogP contribution in [0, 0.1) is 6.92 Å². The van der Waals surface area contributed by atoms with E-state index in [1.54, 1.807) is 0 Å². The topological polar surface area (TPSA) is 71.9 Å². The Morgan fingerprint density at radius 3 is 2.77 bits per heavy atom. The number of hydrogen-bond donors (Lipinski definition) is 1. The van der Waals surface area contributed by atoms with E-state index in [-0.39, 0.29) is 5.54 Å². The monoisotopic (exact) mass is 414 g/mol. The number of nitrogens with one attached hydrogen (secondary N) is 1. The van der Waals surface area contributed by atoms with E-state index in [2.05, 4.69) is 74.8 Å². The van der Waals surface area contributed by atoms with Crippen LogP contribution in [0.2, 0.25) is 0 Å². The molecule has 0 atom stereocenters. The Balaban J connectivity index is 1.22. The molecule has 158 valence electrons. The quantitative estimate of drug-likeness (QED) is 0.549. The zero-order chi connectivity index (χ0) is 20.8. The number of aryl methyl sites for hydroxylation is 1. The largest absolute Gasteiger partial charge is 0.377 e. The lowest BCUT2D eigenvalue weighted by Crippen LogP contribution is -2.63. The Kier molecular flexibility index (Phi) is 4.40. The lowest BCUT2D eigenvalue weighted by atomic mass is 9.84. The summed E-state index contributed by atoms with van der Waals surface area (Å²) in [7, 11) is 0. The first kappa shape index (κ1) is 18.7. The van der Waals surface area contributed by atoms with E-state index in [0.29, 0.717) is 0 Å². The Bertz CT molecular complexity index is 1220. The summed E-state index contributed by atoms with van der Waals surface area (Å²) in [5, 5.41) is 17.3. The maximum atomic E-state index is 5.56. The Hall–Kier alpha value is -3.03. The standard InChI is InChI=1S/C24H26N6O/c1-17-4-9-20-21(12-17)25-27-23(20)22-14-30(28-26-22)19-7-5-18(6-8-19)13-29-11-3-2-10-24(29)15-31-16-24/h4-9,12,14H,2-3,10-11,13,15-16H2,1H3,(H,25,27). The fourth-order valence-electron chi connectivity index (χ4n) is 4.87. The second kappa shape index (κ2) is 7.28. The molecular weight excluding hydrogens is 388 g/mol. The number of likely N-dealkylation sites (tertiary alicyclic amines) is 1. The van der Waals surface area contributed by atoms with Gasteiger partial charge in [0.1, 0.15) is 11.4 Å². The molecule has 7 nitrogen and oxygen atoms in total. The van der Waals surface area contributed by atoms with Gasteiger partial charge in [-0.2, -0.15) is 5.10 Å². The number of H-pyrrole nitrogens is 1. The molecule has 0 saturated carbocycles. The molecule has 0 amide bonds. The average Bonchev–Trinajstić information content (AvgIpc) is 3.40. The van der Waals surface area contributed by atoms with Crippen molar-refractivity contribution in [1.29, 1.82) is 0 Å². The molecule has 2 aliphatic rings. The van der Waals surface area contributed by atoms with Crippen molar-refractivity contribution < 1.29 is 4.74 Å². The summed E-state index contributed by atoms with van der Waals surface area (Å²) in [5.74, 6) is 0. The van der Waals surface area contributed by atoms with Crippen molar-refractivity contribution in [2.75, 3.05) is 19.8 Å². The Labute approximate surface area is 181 Å². The fraction of sp³-hybridized carbons (Fsp3) is 0.375. The van der Waals surface area contributed by atoms with Gasteiger partial charge in [0.05, 0.1) is 36.2 Å². The SMILES string of the molecule is Cc1ccc2c(-c3cn(-c4ccc(CN5CCCCC56COC6)cc4)nn3)n[nH]c2c1. The van der Waals surface area contributed by atoms with E-state index in [1.807, 2.05) is 10.9 Å². The van der Waals surface area contributed by atoms with Gasteiger partial charge in [-0.15, -0.1) is 5.10 Å². The molecule has 2 fully saturated rings. The average molecular weight is 415 g/mol. The molecule has 0 unspecified atom stereocenters. The van der Waals surface area contributed by atoms with E-state index >= 15 is 0 Å². The van der Waals surface area contributed by atoms with Crippen LogP contribution >= 0.6 is 0 Å². The molecule has 0 bridgehead atoms. The van der Waals surface area contributed by atoms with E-state index in [4.69, 9.17) is 4.74 Å². The number of aromatic nitrogens is 5. The maximum Gasteiger partial charge on any atom is 0.134 e. The minimum atomic E-state index is 0.280. The third kappa shape index (κ3) is 3.25. The van der Waals surface area contributed by atoms with Gasteiger partial charge in [0.2, 0.25) is 0 Å². The molecule has 4 heterocycles. The third-order valence-electron chi connectivity index (χ3n) is 6.76. The number of piperidine rings is 1. The van der Waals surface area contributed by atoms with Crippen LogP contribution in [-0.2, 0) is 11.3 Å². The summed E-state index contributed by atoms with van der Waals surface area (Å²) < 4.78 is 7.37. The van der Waals surface area contributed by atoms with Crippen molar-refractivity contribution >= 4 is 10.9 Å². The highest BCUT2D eigenvalue weighted by Crippen LogP contribution is 2.35. The van der Waals surface area contributed by atoms with Crippen molar-refractivity contribution in [3.8, 4) is 17.1 Å². The Morgan fingerprint density at radius 2 is 1.97 bits per heavy atom. The summed E-state index contributed by atoms with van der Waals surface area (Å²) in [5.41, 5.74) is 6.41. The molecule has 1 spiro atoms. The van der Waals surface area contributed by atoms with E-state index in [1.165, 1.54) is 30.4 Å². The summed E-state index contributed by atoms with van der Waals surface area (Å²) in [6, 6.07) is 14.9. The van der Waals surface area contributed by atoms with Crippen LogP contribution in [-0.4, -0.2) is 55.4 Å². The van der Waals surface area contributed by atoms with Crippen LogP contribution in [0.4, 0.5) is 0 Å². The normalized spacial score (nSPS) is 18.5. The molecule has 7 heteroatoms. The first-order chi connectivity index (χ1) is 15.2. The number of ether oxygens (including phenoxy) is 1. The highest BCUT2D eigenvalue weighted by molar-refractivity contribution is 5.92. The lowest BCUT2D eigenvalue weighted by Gasteiger charge is -2.52. The minimum Gasteiger partial charge on any atom is -0.377 e. The molecule has 0 radical (unpaired) electrons. The van der Waals surface area contributed by atoms with Crippen LogP contribution in [0.25, 0.3) is 28.0 Å². The van der Waals surface area contributed by atoms with Crippen molar-refractivity contribution in [3.63, 3.8) is 0 Å². The molecule has 2 aliphatic heterocycles. The molecule has 31 heavy (non-hydrogen) atoms. The van der Waals surface area contributed by atoms with Crippen molar-refractivity contribution in [2.45, 2.75) is 38.3 Å². The smallest absolute Gasteiger partial charge is 0.134 e. The second-order valence-electron chi connectivity index (χ2n) is 8.93. The molecule has 2 aromatic carbocycles. The second-order valence-corrected chi connectivity index (χ2v) is 8.93. The van der Waals surface area contributed by atoms with Crippen LogP contribution < -0.4 is 0 Å². The molecular formula is C24H26N6O. The molecule has 1 N–H and O–H groups in total.